The van der Waals surface area contributed by atoms with Crippen molar-refractivity contribution < 1.29 is 4.52 Å². The SMILES string of the molecule is CC(C)CSCc1noc(C(N)C(C)C)n1. The highest BCUT2D eigenvalue weighted by Gasteiger charge is 2.17. The minimum absolute atomic E-state index is 0.156. The number of aromatic nitrogens is 2. The lowest BCUT2D eigenvalue weighted by atomic mass is 10.1. The number of nitrogens with two attached hydrogens (primary N) is 1. The van der Waals surface area contributed by atoms with Crippen LogP contribution in [0.25, 0.3) is 0 Å². The molecule has 0 aliphatic rings. The summed E-state index contributed by atoms with van der Waals surface area (Å²) in [6, 6.07) is -0.156. The maximum absolute atomic E-state index is 5.92. The average molecular weight is 243 g/mol. The minimum Gasteiger partial charge on any atom is -0.338 e. The molecular formula is C11H21N3OS. The molecule has 4 nitrogen and oxygen atoms in total. The molecule has 0 radical (unpaired) electrons. The lowest BCUT2D eigenvalue weighted by Gasteiger charge is -2.09. The van der Waals surface area contributed by atoms with E-state index in [-0.39, 0.29) is 6.04 Å². The Morgan fingerprint density at radius 3 is 2.56 bits per heavy atom. The first-order valence-electron chi connectivity index (χ1n) is 5.66. The molecule has 0 spiro atoms. The van der Waals surface area contributed by atoms with Crippen molar-refractivity contribution in [3.8, 4) is 0 Å². The lowest BCUT2D eigenvalue weighted by molar-refractivity contribution is 0.323. The Morgan fingerprint density at radius 1 is 1.31 bits per heavy atom. The number of hydrogen-bond acceptors (Lipinski definition) is 5. The summed E-state index contributed by atoms with van der Waals surface area (Å²) in [7, 11) is 0. The van der Waals surface area contributed by atoms with Gasteiger partial charge in [0.05, 0.1) is 11.8 Å². The summed E-state index contributed by atoms with van der Waals surface area (Å²) in [5, 5.41) is 3.93. The minimum atomic E-state index is -0.156. The van der Waals surface area contributed by atoms with Crippen LogP contribution in [0.5, 0.6) is 0 Å². The molecule has 5 heteroatoms. The summed E-state index contributed by atoms with van der Waals surface area (Å²) in [4.78, 5) is 4.30. The Bertz CT molecular complexity index is 312. The Balaban J connectivity index is 2.45. The average Bonchev–Trinajstić information content (AvgIpc) is 2.64. The van der Waals surface area contributed by atoms with Crippen LogP contribution in [0.2, 0.25) is 0 Å². The van der Waals surface area contributed by atoms with Crippen LogP contribution in [0.1, 0.15) is 45.5 Å². The van der Waals surface area contributed by atoms with Crippen molar-refractivity contribution in [2.75, 3.05) is 5.75 Å². The first-order chi connectivity index (χ1) is 7.50. The lowest BCUT2D eigenvalue weighted by Crippen LogP contribution is -2.17. The molecule has 0 aromatic carbocycles. The van der Waals surface area contributed by atoms with Crippen LogP contribution < -0.4 is 5.73 Å². The van der Waals surface area contributed by atoms with Crippen molar-refractivity contribution in [1.82, 2.24) is 10.1 Å². The van der Waals surface area contributed by atoms with Gasteiger partial charge in [-0.15, -0.1) is 0 Å². The van der Waals surface area contributed by atoms with Gasteiger partial charge in [0.25, 0.3) is 0 Å². The van der Waals surface area contributed by atoms with E-state index in [0.29, 0.717) is 17.7 Å². The van der Waals surface area contributed by atoms with Gasteiger partial charge in [-0.1, -0.05) is 32.9 Å². The fourth-order valence-corrected chi connectivity index (χ4v) is 2.02. The molecule has 1 aromatic heterocycles. The van der Waals surface area contributed by atoms with Crippen LogP contribution in [0, 0.1) is 11.8 Å². The molecule has 16 heavy (non-hydrogen) atoms. The van der Waals surface area contributed by atoms with Crippen LogP contribution >= 0.6 is 11.8 Å². The maximum Gasteiger partial charge on any atom is 0.243 e. The highest BCUT2D eigenvalue weighted by molar-refractivity contribution is 7.98. The fourth-order valence-electron chi connectivity index (χ4n) is 1.13. The molecule has 0 saturated carbocycles. The molecule has 1 heterocycles. The molecule has 1 unspecified atom stereocenters. The van der Waals surface area contributed by atoms with Crippen molar-refractivity contribution in [1.29, 1.82) is 0 Å². The monoisotopic (exact) mass is 243 g/mol. The Labute approximate surface area is 101 Å². The maximum atomic E-state index is 5.92. The number of hydrogen-bond donors (Lipinski definition) is 1. The second-order valence-corrected chi connectivity index (χ2v) is 5.76. The van der Waals surface area contributed by atoms with Gasteiger partial charge < -0.3 is 10.3 Å². The number of nitrogens with zero attached hydrogens (tertiary/aromatic N) is 2. The van der Waals surface area contributed by atoms with Gasteiger partial charge in [-0.05, 0) is 17.6 Å². The van der Waals surface area contributed by atoms with Gasteiger partial charge in [-0.25, -0.2) is 0 Å². The van der Waals surface area contributed by atoms with Crippen molar-refractivity contribution in [2.45, 2.75) is 39.5 Å². The van der Waals surface area contributed by atoms with E-state index in [1.807, 2.05) is 25.6 Å². The molecule has 0 aliphatic heterocycles. The Hall–Kier alpha value is -0.550. The predicted octanol–water partition coefficient (Wildman–Crippen LogP) is 2.61. The van der Waals surface area contributed by atoms with Crippen molar-refractivity contribution >= 4 is 11.8 Å². The van der Waals surface area contributed by atoms with E-state index in [0.717, 1.165) is 17.3 Å². The largest absolute Gasteiger partial charge is 0.338 e. The molecule has 1 aromatic rings. The third-order valence-corrected chi connectivity index (χ3v) is 3.53. The first-order valence-corrected chi connectivity index (χ1v) is 6.82. The van der Waals surface area contributed by atoms with Gasteiger partial charge in [0.15, 0.2) is 5.82 Å². The molecule has 0 fully saturated rings. The van der Waals surface area contributed by atoms with Crippen molar-refractivity contribution in [3.05, 3.63) is 11.7 Å². The quantitative estimate of drug-likeness (QED) is 0.832. The summed E-state index contributed by atoms with van der Waals surface area (Å²) in [5.41, 5.74) is 5.92. The van der Waals surface area contributed by atoms with E-state index in [4.69, 9.17) is 10.3 Å². The summed E-state index contributed by atoms with van der Waals surface area (Å²) in [5.74, 6) is 4.21. The molecule has 1 atom stereocenters. The highest BCUT2D eigenvalue weighted by Crippen LogP contribution is 2.18. The van der Waals surface area contributed by atoms with Gasteiger partial charge in [0.2, 0.25) is 5.89 Å². The standard InChI is InChI=1S/C11H21N3OS/c1-7(2)5-16-6-9-13-11(15-14-9)10(12)8(3)4/h7-8,10H,5-6,12H2,1-4H3. The second kappa shape index (κ2) is 6.25. The molecule has 1 rings (SSSR count). The highest BCUT2D eigenvalue weighted by atomic mass is 32.2. The van der Waals surface area contributed by atoms with Gasteiger partial charge in [0.1, 0.15) is 0 Å². The van der Waals surface area contributed by atoms with E-state index >= 15 is 0 Å². The van der Waals surface area contributed by atoms with Gasteiger partial charge in [0, 0.05) is 0 Å². The molecule has 0 amide bonds. The first kappa shape index (κ1) is 13.5. The number of thioether (sulfide) groups is 1. The van der Waals surface area contributed by atoms with Gasteiger partial charge >= 0.3 is 0 Å². The molecule has 0 bridgehead atoms. The van der Waals surface area contributed by atoms with Gasteiger partial charge in [-0.3, -0.25) is 0 Å². The zero-order valence-corrected chi connectivity index (χ0v) is 11.3. The smallest absolute Gasteiger partial charge is 0.243 e. The molecule has 92 valence electrons. The third kappa shape index (κ3) is 4.14. The summed E-state index contributed by atoms with van der Waals surface area (Å²) < 4.78 is 5.15. The predicted molar refractivity (Wildman–Crippen MR) is 67.1 cm³/mol. The van der Waals surface area contributed by atoms with E-state index < -0.39 is 0 Å². The molecule has 0 aliphatic carbocycles. The van der Waals surface area contributed by atoms with E-state index in [2.05, 4.69) is 24.0 Å². The van der Waals surface area contributed by atoms with Crippen LogP contribution in [-0.2, 0) is 5.75 Å². The molecule has 2 N–H and O–H groups in total. The zero-order valence-electron chi connectivity index (χ0n) is 10.4. The third-order valence-electron chi connectivity index (χ3n) is 2.17. The number of rotatable bonds is 6. The Morgan fingerprint density at radius 2 is 2.00 bits per heavy atom. The van der Waals surface area contributed by atoms with Crippen LogP contribution in [0.15, 0.2) is 4.52 Å². The molecular weight excluding hydrogens is 222 g/mol. The normalized spacial score (nSPS) is 13.7. The second-order valence-electron chi connectivity index (χ2n) is 4.73. The topological polar surface area (TPSA) is 64.9 Å². The van der Waals surface area contributed by atoms with Gasteiger partial charge in [-0.2, -0.15) is 16.7 Å². The molecule has 0 saturated heterocycles. The fraction of sp³-hybridized carbons (Fsp3) is 0.818. The summed E-state index contributed by atoms with van der Waals surface area (Å²) in [6.45, 7) is 8.48. The van der Waals surface area contributed by atoms with Crippen LogP contribution in [-0.4, -0.2) is 15.9 Å². The van der Waals surface area contributed by atoms with E-state index in [1.54, 1.807) is 0 Å². The van der Waals surface area contributed by atoms with E-state index in [1.165, 1.54) is 0 Å². The van der Waals surface area contributed by atoms with Crippen LogP contribution in [0.4, 0.5) is 0 Å². The summed E-state index contributed by atoms with van der Waals surface area (Å²) in [6.07, 6.45) is 0. The van der Waals surface area contributed by atoms with E-state index in [9.17, 15) is 0 Å². The van der Waals surface area contributed by atoms with Crippen molar-refractivity contribution in [3.63, 3.8) is 0 Å². The summed E-state index contributed by atoms with van der Waals surface area (Å²) >= 11 is 1.82. The Kier molecular flexibility index (Phi) is 5.28. The zero-order chi connectivity index (χ0) is 12.1. The van der Waals surface area contributed by atoms with Crippen molar-refractivity contribution in [2.24, 2.45) is 17.6 Å². The van der Waals surface area contributed by atoms with Crippen LogP contribution in [0.3, 0.4) is 0 Å².